The topological polar surface area (TPSA) is 45.7 Å². The van der Waals surface area contributed by atoms with Crippen LogP contribution in [-0.4, -0.2) is 39.3 Å². The molecule has 0 spiro atoms. The van der Waals surface area contributed by atoms with Gasteiger partial charge in [0.1, 0.15) is 5.82 Å². The Labute approximate surface area is 142 Å². The highest BCUT2D eigenvalue weighted by molar-refractivity contribution is 6.31. The van der Waals surface area contributed by atoms with Crippen LogP contribution in [0, 0.1) is 11.7 Å². The van der Waals surface area contributed by atoms with E-state index in [0.29, 0.717) is 29.5 Å². The summed E-state index contributed by atoms with van der Waals surface area (Å²) in [7, 11) is 1.72. The second kappa shape index (κ2) is 9.73. The van der Waals surface area contributed by atoms with Gasteiger partial charge in [-0.3, -0.25) is 4.99 Å². The fraction of sp³-hybridized carbons (Fsp3) is 0.588. The fourth-order valence-corrected chi connectivity index (χ4v) is 2.47. The van der Waals surface area contributed by atoms with Crippen LogP contribution in [0.15, 0.2) is 23.2 Å². The smallest absolute Gasteiger partial charge is 0.190 e. The van der Waals surface area contributed by atoms with Crippen molar-refractivity contribution in [1.29, 1.82) is 0 Å². The van der Waals surface area contributed by atoms with E-state index in [1.165, 1.54) is 18.9 Å². The molecular formula is C17H25ClFN3O. The van der Waals surface area contributed by atoms with E-state index >= 15 is 0 Å². The van der Waals surface area contributed by atoms with Crippen LogP contribution in [-0.2, 0) is 11.2 Å². The van der Waals surface area contributed by atoms with E-state index in [1.807, 2.05) is 0 Å². The highest BCUT2D eigenvalue weighted by Gasteiger charge is 2.20. The van der Waals surface area contributed by atoms with E-state index < -0.39 is 0 Å². The van der Waals surface area contributed by atoms with Crippen molar-refractivity contribution in [2.24, 2.45) is 10.9 Å². The molecule has 0 radical (unpaired) electrons. The summed E-state index contributed by atoms with van der Waals surface area (Å²) >= 11 is 6.01. The molecule has 0 aromatic heterocycles. The Morgan fingerprint density at radius 2 is 2.13 bits per heavy atom. The molecule has 1 aromatic carbocycles. The van der Waals surface area contributed by atoms with Crippen LogP contribution >= 0.6 is 11.6 Å². The molecule has 2 N–H and O–H groups in total. The highest BCUT2D eigenvalue weighted by Crippen LogP contribution is 2.28. The lowest BCUT2D eigenvalue weighted by atomic mass is 10.1. The number of halogens is 2. The van der Waals surface area contributed by atoms with Gasteiger partial charge in [-0.15, -0.1) is 0 Å². The summed E-state index contributed by atoms with van der Waals surface area (Å²) < 4.78 is 19.2. The monoisotopic (exact) mass is 341 g/mol. The highest BCUT2D eigenvalue weighted by atomic mass is 35.5. The van der Waals surface area contributed by atoms with Gasteiger partial charge in [-0.25, -0.2) is 4.39 Å². The minimum Gasteiger partial charge on any atom is -0.381 e. The molecule has 1 aliphatic carbocycles. The summed E-state index contributed by atoms with van der Waals surface area (Å²) in [6, 6.07) is 4.74. The lowest BCUT2D eigenvalue weighted by Crippen LogP contribution is -2.39. The Bertz CT molecular complexity index is 500. The van der Waals surface area contributed by atoms with Gasteiger partial charge >= 0.3 is 0 Å². The third kappa shape index (κ3) is 6.75. The maximum absolute atomic E-state index is 13.7. The zero-order valence-electron chi connectivity index (χ0n) is 13.6. The summed E-state index contributed by atoms with van der Waals surface area (Å²) in [6.45, 7) is 3.03. The number of rotatable bonds is 9. The number of aliphatic imine (C=N–C) groups is 1. The van der Waals surface area contributed by atoms with Crippen LogP contribution in [0.25, 0.3) is 0 Å². The van der Waals surface area contributed by atoms with Gasteiger partial charge in [-0.05, 0) is 43.7 Å². The van der Waals surface area contributed by atoms with Crippen LogP contribution in [0.3, 0.4) is 0 Å². The summed E-state index contributed by atoms with van der Waals surface area (Å²) in [5.74, 6) is 1.25. The zero-order valence-corrected chi connectivity index (χ0v) is 14.3. The number of guanidine groups is 1. The van der Waals surface area contributed by atoms with Crippen molar-refractivity contribution >= 4 is 17.6 Å². The summed E-state index contributed by atoms with van der Waals surface area (Å²) in [4.78, 5) is 4.15. The van der Waals surface area contributed by atoms with Gasteiger partial charge in [0.05, 0.1) is 0 Å². The minimum atomic E-state index is -0.268. The van der Waals surface area contributed by atoms with Crippen LogP contribution in [0.2, 0.25) is 5.02 Å². The SMILES string of the molecule is CN=C(NCCCOCC1CC1)NCCc1c(F)cccc1Cl. The van der Waals surface area contributed by atoms with Gasteiger partial charge < -0.3 is 15.4 Å². The van der Waals surface area contributed by atoms with Gasteiger partial charge in [0.2, 0.25) is 0 Å². The van der Waals surface area contributed by atoms with Crippen LogP contribution in [0.1, 0.15) is 24.8 Å². The third-order valence-corrected chi connectivity index (χ3v) is 4.12. The molecule has 6 heteroatoms. The molecule has 0 amide bonds. The average molecular weight is 342 g/mol. The summed E-state index contributed by atoms with van der Waals surface area (Å²) in [6.07, 6.45) is 4.09. The molecule has 0 saturated heterocycles. The minimum absolute atomic E-state index is 0.268. The van der Waals surface area contributed by atoms with Crippen molar-refractivity contribution < 1.29 is 9.13 Å². The van der Waals surface area contributed by atoms with Crippen molar-refractivity contribution in [3.63, 3.8) is 0 Å². The number of hydrogen-bond acceptors (Lipinski definition) is 2. The predicted molar refractivity (Wildman–Crippen MR) is 92.6 cm³/mol. The number of nitrogens with zero attached hydrogens (tertiary/aromatic N) is 1. The molecule has 128 valence electrons. The van der Waals surface area contributed by atoms with Crippen molar-refractivity contribution in [3.05, 3.63) is 34.6 Å². The van der Waals surface area contributed by atoms with Crippen LogP contribution in [0.4, 0.5) is 4.39 Å². The van der Waals surface area contributed by atoms with Crippen molar-refractivity contribution in [1.82, 2.24) is 10.6 Å². The molecule has 1 aromatic rings. The Morgan fingerprint density at radius 3 is 2.83 bits per heavy atom. The van der Waals surface area contributed by atoms with E-state index in [9.17, 15) is 4.39 Å². The summed E-state index contributed by atoms with van der Waals surface area (Å²) in [5.41, 5.74) is 0.533. The quantitative estimate of drug-likeness (QED) is 0.412. The molecule has 4 nitrogen and oxygen atoms in total. The number of ether oxygens (including phenoxy) is 1. The maximum Gasteiger partial charge on any atom is 0.190 e. The van der Waals surface area contributed by atoms with Crippen molar-refractivity contribution in [2.45, 2.75) is 25.7 Å². The van der Waals surface area contributed by atoms with Gasteiger partial charge in [0.25, 0.3) is 0 Å². The van der Waals surface area contributed by atoms with Gasteiger partial charge in [-0.1, -0.05) is 17.7 Å². The number of benzene rings is 1. The van der Waals surface area contributed by atoms with E-state index in [0.717, 1.165) is 32.1 Å². The fourth-order valence-electron chi connectivity index (χ4n) is 2.21. The lowest BCUT2D eigenvalue weighted by molar-refractivity contribution is 0.123. The molecule has 0 unspecified atom stereocenters. The first-order chi connectivity index (χ1) is 11.2. The normalized spacial score (nSPS) is 14.8. The standard InChI is InChI=1S/C17H25ClFN3O/c1-20-17(21-9-3-11-23-12-13-6-7-13)22-10-8-14-15(18)4-2-5-16(14)19/h2,4-5,13H,3,6-12H2,1H3,(H2,20,21,22). The molecule has 0 aliphatic heterocycles. The Hall–Kier alpha value is -1.33. The van der Waals surface area contributed by atoms with Crippen LogP contribution < -0.4 is 10.6 Å². The average Bonchev–Trinajstić information content (AvgIpc) is 3.35. The molecule has 1 aliphatic rings. The Morgan fingerprint density at radius 1 is 1.35 bits per heavy atom. The maximum atomic E-state index is 13.7. The Kier molecular flexibility index (Phi) is 7.62. The van der Waals surface area contributed by atoms with E-state index in [-0.39, 0.29) is 5.82 Å². The molecule has 1 fully saturated rings. The van der Waals surface area contributed by atoms with Gasteiger partial charge in [0, 0.05) is 43.9 Å². The first kappa shape index (κ1) is 18.0. The molecule has 0 atom stereocenters. The Balaban J connectivity index is 1.58. The predicted octanol–water partition coefficient (Wildman–Crippen LogP) is 3.00. The largest absolute Gasteiger partial charge is 0.381 e. The van der Waals surface area contributed by atoms with Crippen molar-refractivity contribution in [3.8, 4) is 0 Å². The molecule has 23 heavy (non-hydrogen) atoms. The second-order valence-corrected chi connectivity index (χ2v) is 6.16. The second-order valence-electron chi connectivity index (χ2n) is 5.75. The van der Waals surface area contributed by atoms with E-state index in [2.05, 4.69) is 15.6 Å². The molecule has 2 rings (SSSR count). The molecule has 1 saturated carbocycles. The molecule has 0 heterocycles. The number of nitrogens with one attached hydrogen (secondary N) is 2. The van der Waals surface area contributed by atoms with Gasteiger partial charge in [-0.2, -0.15) is 0 Å². The zero-order chi connectivity index (χ0) is 16.5. The van der Waals surface area contributed by atoms with Crippen molar-refractivity contribution in [2.75, 3.05) is 33.4 Å². The first-order valence-electron chi connectivity index (χ1n) is 8.16. The first-order valence-corrected chi connectivity index (χ1v) is 8.53. The summed E-state index contributed by atoms with van der Waals surface area (Å²) in [5, 5.41) is 6.85. The van der Waals surface area contributed by atoms with E-state index in [1.54, 1.807) is 19.2 Å². The van der Waals surface area contributed by atoms with Crippen LogP contribution in [0.5, 0.6) is 0 Å². The number of hydrogen-bond donors (Lipinski definition) is 2. The van der Waals surface area contributed by atoms with E-state index in [4.69, 9.17) is 16.3 Å². The molecular weight excluding hydrogens is 317 g/mol. The third-order valence-electron chi connectivity index (χ3n) is 3.76. The van der Waals surface area contributed by atoms with Gasteiger partial charge in [0.15, 0.2) is 5.96 Å². The molecule has 0 bridgehead atoms. The lowest BCUT2D eigenvalue weighted by Gasteiger charge is -2.12.